The number of imide groups is 1. The monoisotopic (exact) mass is 490 g/mol. The summed E-state index contributed by atoms with van der Waals surface area (Å²) in [5.41, 5.74) is 2.25. The van der Waals surface area contributed by atoms with Crippen LogP contribution in [-0.2, 0) is 6.54 Å². The fourth-order valence-corrected chi connectivity index (χ4v) is 5.24. The zero-order chi connectivity index (χ0) is 21.9. The third kappa shape index (κ3) is 3.05. The molecule has 0 unspecified atom stereocenters. The number of halogens is 4. The summed E-state index contributed by atoms with van der Waals surface area (Å²) in [7, 11) is 0. The van der Waals surface area contributed by atoms with E-state index in [2.05, 4.69) is 28.8 Å². The van der Waals surface area contributed by atoms with Crippen molar-refractivity contribution in [3.63, 3.8) is 0 Å². The van der Waals surface area contributed by atoms with Gasteiger partial charge in [-0.1, -0.05) is 82.8 Å². The van der Waals surface area contributed by atoms with Crippen LogP contribution in [0.15, 0.2) is 48.5 Å². The van der Waals surface area contributed by atoms with Crippen molar-refractivity contribution in [2.24, 2.45) is 0 Å². The Morgan fingerprint density at radius 2 is 1.06 bits per heavy atom. The van der Waals surface area contributed by atoms with E-state index < -0.39 is 11.8 Å². The molecule has 0 fully saturated rings. The van der Waals surface area contributed by atoms with E-state index in [0.717, 1.165) is 15.9 Å². The summed E-state index contributed by atoms with van der Waals surface area (Å²) in [4.78, 5) is 27.0. The second kappa shape index (κ2) is 7.72. The van der Waals surface area contributed by atoms with Gasteiger partial charge >= 0.3 is 0 Å². The molecule has 3 aromatic carbocycles. The second-order valence-corrected chi connectivity index (χ2v) is 8.82. The molecule has 0 saturated carbocycles. The van der Waals surface area contributed by atoms with E-state index in [0.29, 0.717) is 13.0 Å². The Morgan fingerprint density at radius 3 is 1.55 bits per heavy atom. The number of aromatic nitrogens is 1. The highest BCUT2D eigenvalue weighted by Gasteiger charge is 2.41. The van der Waals surface area contributed by atoms with Crippen LogP contribution in [0, 0.1) is 0 Å². The van der Waals surface area contributed by atoms with Crippen LogP contribution in [0.3, 0.4) is 0 Å². The Labute approximate surface area is 197 Å². The van der Waals surface area contributed by atoms with Crippen LogP contribution >= 0.6 is 46.4 Å². The summed E-state index contributed by atoms with van der Waals surface area (Å²) in [5.74, 6) is -1.01. The van der Waals surface area contributed by atoms with Crippen LogP contribution in [0.1, 0.15) is 27.1 Å². The van der Waals surface area contributed by atoms with Crippen molar-refractivity contribution in [1.29, 1.82) is 0 Å². The lowest BCUT2D eigenvalue weighted by Gasteiger charge is -2.15. The Balaban J connectivity index is 1.44. The van der Waals surface area contributed by atoms with Crippen molar-refractivity contribution in [2.75, 3.05) is 6.54 Å². The van der Waals surface area contributed by atoms with Gasteiger partial charge in [0.1, 0.15) is 0 Å². The highest BCUT2D eigenvalue weighted by Crippen LogP contribution is 2.44. The molecule has 0 spiro atoms. The number of nitrogens with zero attached hydrogens (tertiary/aromatic N) is 2. The van der Waals surface area contributed by atoms with Gasteiger partial charge in [-0.25, -0.2) is 0 Å². The van der Waals surface area contributed by atoms with Gasteiger partial charge in [0.05, 0.1) is 31.2 Å². The molecule has 0 N–H and O–H groups in total. The predicted molar refractivity (Wildman–Crippen MR) is 126 cm³/mol. The summed E-state index contributed by atoms with van der Waals surface area (Å²) >= 11 is 24.6. The van der Waals surface area contributed by atoms with E-state index in [-0.39, 0.29) is 37.8 Å². The van der Waals surface area contributed by atoms with Gasteiger partial charge in [-0.2, -0.15) is 0 Å². The molecule has 2 amide bonds. The molecule has 8 heteroatoms. The highest BCUT2D eigenvalue weighted by molar-refractivity contribution is 6.55. The number of benzene rings is 3. The molecule has 1 aliphatic rings. The van der Waals surface area contributed by atoms with E-state index >= 15 is 0 Å². The topological polar surface area (TPSA) is 42.3 Å². The molecule has 5 rings (SSSR count). The molecule has 4 aromatic rings. The molecule has 0 saturated heterocycles. The lowest BCUT2D eigenvalue weighted by Crippen LogP contribution is -2.31. The Kier molecular flexibility index (Phi) is 5.14. The standard InChI is InChI=1S/C23H14Cl4N2O2/c24-18-16-17(19(25)21(27)20(18)26)23(31)29(22(16)30)11-5-10-28-14-8-3-1-6-12(14)13-7-2-4-9-15(13)28/h1-4,6-9H,5,10-11H2. The zero-order valence-corrected chi connectivity index (χ0v) is 19.0. The van der Waals surface area contributed by atoms with Crippen molar-refractivity contribution in [1.82, 2.24) is 9.47 Å². The Morgan fingerprint density at radius 1 is 0.613 bits per heavy atom. The van der Waals surface area contributed by atoms with Crippen LogP contribution in [0.4, 0.5) is 0 Å². The van der Waals surface area contributed by atoms with Gasteiger partial charge < -0.3 is 4.57 Å². The Hall–Kier alpha value is -2.24. The summed E-state index contributed by atoms with van der Waals surface area (Å²) in [5, 5.41) is 2.19. The SMILES string of the molecule is O=C1c2c(Cl)c(Cl)c(Cl)c(Cl)c2C(=O)N1CCCn1c2ccccc2c2ccccc21. The number of hydrogen-bond acceptors (Lipinski definition) is 2. The number of carbonyl (C=O) groups excluding carboxylic acids is 2. The first kappa shape index (κ1) is 20.7. The van der Waals surface area contributed by atoms with Gasteiger partial charge in [0.15, 0.2) is 0 Å². The molecule has 0 bridgehead atoms. The van der Waals surface area contributed by atoms with Crippen molar-refractivity contribution in [3.8, 4) is 0 Å². The average Bonchev–Trinajstić information content (AvgIpc) is 3.23. The number of aryl methyl sites for hydroxylation is 1. The van der Waals surface area contributed by atoms with Crippen molar-refractivity contribution in [3.05, 3.63) is 79.7 Å². The number of carbonyl (C=O) groups is 2. The number of fused-ring (bicyclic) bond motifs is 4. The van der Waals surface area contributed by atoms with Crippen LogP contribution < -0.4 is 0 Å². The first-order valence-corrected chi connectivity index (χ1v) is 11.1. The van der Waals surface area contributed by atoms with E-state index in [1.54, 1.807) is 0 Å². The lowest BCUT2D eigenvalue weighted by molar-refractivity contribution is 0.0651. The van der Waals surface area contributed by atoms with E-state index in [1.807, 2.05) is 24.3 Å². The molecule has 2 heterocycles. The lowest BCUT2D eigenvalue weighted by atomic mass is 10.1. The molecular formula is C23H14Cl4N2O2. The third-order valence-corrected chi connectivity index (χ3v) is 7.43. The normalized spacial score (nSPS) is 13.6. The van der Waals surface area contributed by atoms with Crippen LogP contribution in [0.25, 0.3) is 21.8 Å². The third-order valence-electron chi connectivity index (χ3n) is 5.63. The number of hydrogen-bond donors (Lipinski definition) is 0. The van der Waals surface area contributed by atoms with Gasteiger partial charge in [-0.15, -0.1) is 0 Å². The van der Waals surface area contributed by atoms with Crippen molar-refractivity contribution < 1.29 is 9.59 Å². The van der Waals surface area contributed by atoms with Gasteiger partial charge in [0.2, 0.25) is 0 Å². The number of rotatable bonds is 4. The fraction of sp³-hybridized carbons (Fsp3) is 0.130. The van der Waals surface area contributed by atoms with E-state index in [4.69, 9.17) is 46.4 Å². The molecule has 31 heavy (non-hydrogen) atoms. The van der Waals surface area contributed by atoms with Crippen LogP contribution in [-0.4, -0.2) is 27.8 Å². The predicted octanol–water partition coefficient (Wildman–Crippen LogP) is 7.09. The second-order valence-electron chi connectivity index (χ2n) is 7.31. The smallest absolute Gasteiger partial charge is 0.263 e. The molecule has 1 aromatic heterocycles. The summed E-state index contributed by atoms with van der Waals surface area (Å²) in [6.07, 6.45) is 0.560. The maximum atomic E-state index is 12.9. The fourth-order valence-electron chi connectivity index (χ4n) is 4.23. The zero-order valence-electron chi connectivity index (χ0n) is 16.0. The minimum atomic E-state index is -0.507. The van der Waals surface area contributed by atoms with Gasteiger partial charge in [0, 0.05) is 34.9 Å². The quantitative estimate of drug-likeness (QED) is 0.173. The van der Waals surface area contributed by atoms with Gasteiger partial charge in [-0.05, 0) is 18.6 Å². The van der Waals surface area contributed by atoms with Crippen LogP contribution in [0.5, 0.6) is 0 Å². The maximum absolute atomic E-state index is 12.9. The van der Waals surface area contributed by atoms with Crippen LogP contribution in [0.2, 0.25) is 20.1 Å². The van der Waals surface area contributed by atoms with E-state index in [9.17, 15) is 9.59 Å². The van der Waals surface area contributed by atoms with Gasteiger partial charge in [0.25, 0.3) is 11.8 Å². The largest absolute Gasteiger partial charge is 0.340 e. The molecule has 156 valence electrons. The van der Waals surface area contributed by atoms with E-state index in [1.165, 1.54) is 10.8 Å². The first-order chi connectivity index (χ1) is 14.9. The molecular weight excluding hydrogens is 478 g/mol. The minimum Gasteiger partial charge on any atom is -0.340 e. The first-order valence-electron chi connectivity index (χ1n) is 9.60. The highest BCUT2D eigenvalue weighted by atomic mass is 35.5. The number of para-hydroxylation sites is 2. The van der Waals surface area contributed by atoms with Crippen molar-refractivity contribution >= 4 is 80.0 Å². The average molecular weight is 492 g/mol. The van der Waals surface area contributed by atoms with Gasteiger partial charge in [-0.3, -0.25) is 14.5 Å². The van der Waals surface area contributed by atoms with Crippen molar-refractivity contribution in [2.45, 2.75) is 13.0 Å². The summed E-state index contributed by atoms with van der Waals surface area (Å²) in [6, 6.07) is 16.4. The maximum Gasteiger partial charge on any atom is 0.263 e. The summed E-state index contributed by atoms with van der Waals surface area (Å²) < 4.78 is 2.20. The molecule has 0 atom stereocenters. The number of amides is 2. The Bertz CT molecular complexity index is 1310. The molecule has 4 nitrogen and oxygen atoms in total. The minimum absolute atomic E-state index is 0.0166. The molecule has 0 aliphatic carbocycles. The molecule has 1 aliphatic heterocycles. The summed E-state index contributed by atoms with van der Waals surface area (Å²) in [6.45, 7) is 0.847. The molecule has 0 radical (unpaired) electrons.